The number of fused-ring (bicyclic) bond motifs is 2. The fourth-order valence-corrected chi connectivity index (χ4v) is 5.11. The van der Waals surface area contributed by atoms with Crippen molar-refractivity contribution in [2.75, 3.05) is 13.2 Å². The predicted molar refractivity (Wildman–Crippen MR) is 106 cm³/mol. The number of sulfonamides is 1. The van der Waals surface area contributed by atoms with Crippen LogP contribution in [-0.2, 0) is 32.6 Å². The zero-order valence-corrected chi connectivity index (χ0v) is 17.4. The molecule has 0 saturated carbocycles. The summed E-state index contributed by atoms with van der Waals surface area (Å²) in [4.78, 5) is 24.7. The summed E-state index contributed by atoms with van der Waals surface area (Å²) in [7, 11) is -4.07. The van der Waals surface area contributed by atoms with Gasteiger partial charge >= 0.3 is 5.97 Å². The van der Waals surface area contributed by atoms with Gasteiger partial charge in [-0.3, -0.25) is 9.59 Å². The van der Waals surface area contributed by atoms with E-state index in [-0.39, 0.29) is 23.2 Å². The van der Waals surface area contributed by atoms with Gasteiger partial charge in [-0.05, 0) is 38.1 Å². The molecular formula is C21H21NO7S. The highest BCUT2D eigenvalue weighted by Crippen LogP contribution is 2.35. The normalized spacial score (nSPS) is 18.5. The second-order valence-electron chi connectivity index (χ2n) is 7.11. The smallest absolute Gasteiger partial charge is 0.327 e. The first-order chi connectivity index (χ1) is 14.3. The summed E-state index contributed by atoms with van der Waals surface area (Å²) >= 11 is 0. The predicted octanol–water partition coefficient (Wildman–Crippen LogP) is 2.30. The number of carbonyl (C=O) groups is 2. The van der Waals surface area contributed by atoms with E-state index >= 15 is 0 Å². The maximum absolute atomic E-state index is 12.6. The van der Waals surface area contributed by atoms with Gasteiger partial charge in [-0.1, -0.05) is 12.1 Å². The molecule has 0 aliphatic carbocycles. The number of amides is 1. The standard InChI is InChI=1S/C21H21NO7S/c1-3-27-17-9-14-8-13(2)29-18(14)10-15(17)12-28-20(23)11-22-21(24)16-6-4-5-7-19(16)30(22,25)26/h4-7,9-10,13H,3,8,11-12H2,1-2H3. The Labute approximate surface area is 174 Å². The molecule has 158 valence electrons. The van der Waals surface area contributed by atoms with E-state index in [4.69, 9.17) is 14.2 Å². The Bertz CT molecular complexity index is 1130. The molecule has 2 aliphatic rings. The highest BCUT2D eigenvalue weighted by atomic mass is 32.2. The molecule has 0 aromatic heterocycles. The average Bonchev–Trinajstić information content (AvgIpc) is 3.16. The van der Waals surface area contributed by atoms with Gasteiger partial charge in [0.15, 0.2) is 0 Å². The zero-order valence-electron chi connectivity index (χ0n) is 16.6. The summed E-state index contributed by atoms with van der Waals surface area (Å²) in [5, 5.41) is 0. The number of benzene rings is 2. The third-order valence-corrected chi connectivity index (χ3v) is 6.74. The number of ether oxygens (including phenoxy) is 3. The molecule has 0 radical (unpaired) electrons. The van der Waals surface area contributed by atoms with Crippen molar-refractivity contribution in [3.63, 3.8) is 0 Å². The van der Waals surface area contributed by atoms with Crippen molar-refractivity contribution in [2.45, 2.75) is 37.9 Å². The van der Waals surface area contributed by atoms with Gasteiger partial charge in [0.25, 0.3) is 15.9 Å². The third kappa shape index (κ3) is 3.49. The van der Waals surface area contributed by atoms with Crippen molar-refractivity contribution < 1.29 is 32.2 Å². The van der Waals surface area contributed by atoms with E-state index in [9.17, 15) is 18.0 Å². The van der Waals surface area contributed by atoms with Crippen LogP contribution in [0.2, 0.25) is 0 Å². The van der Waals surface area contributed by atoms with E-state index in [1.54, 1.807) is 12.1 Å². The van der Waals surface area contributed by atoms with Gasteiger partial charge in [0.2, 0.25) is 0 Å². The van der Waals surface area contributed by atoms with E-state index in [2.05, 4.69) is 0 Å². The number of esters is 1. The minimum atomic E-state index is -4.07. The number of carbonyl (C=O) groups excluding carboxylic acids is 2. The van der Waals surface area contributed by atoms with Crippen molar-refractivity contribution in [3.05, 3.63) is 53.1 Å². The summed E-state index contributed by atoms with van der Waals surface area (Å²) in [6, 6.07) is 9.49. The first kappa shape index (κ1) is 20.2. The largest absolute Gasteiger partial charge is 0.493 e. The summed E-state index contributed by atoms with van der Waals surface area (Å²) in [5.74, 6) is -0.279. The van der Waals surface area contributed by atoms with Crippen LogP contribution in [0.15, 0.2) is 41.3 Å². The molecule has 1 atom stereocenters. The molecule has 2 aliphatic heterocycles. The van der Waals surface area contributed by atoms with Crippen LogP contribution in [-0.4, -0.2) is 43.9 Å². The molecule has 30 heavy (non-hydrogen) atoms. The molecule has 0 saturated heterocycles. The third-order valence-electron chi connectivity index (χ3n) is 4.95. The van der Waals surface area contributed by atoms with Crippen LogP contribution in [0.3, 0.4) is 0 Å². The molecule has 2 heterocycles. The Kier molecular flexibility index (Phi) is 5.15. The number of nitrogens with zero attached hydrogens (tertiary/aromatic N) is 1. The van der Waals surface area contributed by atoms with Crippen LogP contribution in [0.5, 0.6) is 11.5 Å². The molecule has 1 amide bonds. The van der Waals surface area contributed by atoms with Crippen LogP contribution in [0.4, 0.5) is 0 Å². The Hall–Kier alpha value is -3.07. The molecular weight excluding hydrogens is 410 g/mol. The highest BCUT2D eigenvalue weighted by molar-refractivity contribution is 7.90. The van der Waals surface area contributed by atoms with Crippen LogP contribution in [0.1, 0.15) is 35.3 Å². The van der Waals surface area contributed by atoms with Gasteiger partial charge < -0.3 is 14.2 Å². The van der Waals surface area contributed by atoms with Crippen molar-refractivity contribution in [2.24, 2.45) is 0 Å². The van der Waals surface area contributed by atoms with E-state index in [1.807, 2.05) is 19.9 Å². The van der Waals surface area contributed by atoms with Crippen LogP contribution >= 0.6 is 0 Å². The second kappa shape index (κ2) is 7.64. The molecule has 1 unspecified atom stereocenters. The lowest BCUT2D eigenvalue weighted by Gasteiger charge is -2.16. The van der Waals surface area contributed by atoms with Gasteiger partial charge in [0.05, 0.1) is 12.2 Å². The van der Waals surface area contributed by atoms with Crippen LogP contribution < -0.4 is 9.47 Å². The van der Waals surface area contributed by atoms with Gasteiger partial charge in [-0.15, -0.1) is 0 Å². The van der Waals surface area contributed by atoms with Gasteiger partial charge in [-0.2, -0.15) is 0 Å². The molecule has 4 rings (SSSR count). The highest BCUT2D eigenvalue weighted by Gasteiger charge is 2.42. The monoisotopic (exact) mass is 431 g/mol. The Morgan fingerprint density at radius 3 is 2.77 bits per heavy atom. The minimum absolute atomic E-state index is 0.0498. The summed E-state index contributed by atoms with van der Waals surface area (Å²) in [5.41, 5.74) is 1.68. The van der Waals surface area contributed by atoms with Crippen molar-refractivity contribution in [1.29, 1.82) is 0 Å². The second-order valence-corrected chi connectivity index (χ2v) is 8.94. The van der Waals surface area contributed by atoms with Crippen molar-refractivity contribution in [3.8, 4) is 11.5 Å². The average molecular weight is 431 g/mol. The first-order valence-electron chi connectivity index (χ1n) is 9.58. The quantitative estimate of drug-likeness (QED) is 0.647. The van der Waals surface area contributed by atoms with Crippen LogP contribution in [0, 0.1) is 0 Å². The molecule has 8 nitrogen and oxygen atoms in total. The topological polar surface area (TPSA) is 99.2 Å². The van der Waals surface area contributed by atoms with E-state index < -0.39 is 28.4 Å². The lowest BCUT2D eigenvalue weighted by atomic mass is 10.1. The zero-order chi connectivity index (χ0) is 21.5. The van der Waals surface area contributed by atoms with Crippen molar-refractivity contribution in [1.82, 2.24) is 4.31 Å². The minimum Gasteiger partial charge on any atom is -0.493 e. The molecule has 0 N–H and O–H groups in total. The molecule has 0 bridgehead atoms. The SMILES string of the molecule is CCOc1cc2c(cc1COC(=O)CN1C(=O)c3ccccc3S1(=O)=O)OC(C)C2. The fourth-order valence-electron chi connectivity index (χ4n) is 3.59. The number of hydrogen-bond acceptors (Lipinski definition) is 7. The van der Waals surface area contributed by atoms with E-state index in [0.29, 0.717) is 28.0 Å². The van der Waals surface area contributed by atoms with E-state index in [1.165, 1.54) is 18.2 Å². The number of hydrogen-bond donors (Lipinski definition) is 0. The summed E-state index contributed by atoms with van der Waals surface area (Å²) in [6.07, 6.45) is 0.825. The molecule has 9 heteroatoms. The Morgan fingerprint density at radius 2 is 2.03 bits per heavy atom. The maximum Gasteiger partial charge on any atom is 0.327 e. The van der Waals surface area contributed by atoms with Crippen LogP contribution in [0.25, 0.3) is 0 Å². The van der Waals surface area contributed by atoms with Gasteiger partial charge in [0.1, 0.15) is 35.7 Å². The lowest BCUT2D eigenvalue weighted by molar-refractivity contribution is -0.144. The molecule has 2 aromatic carbocycles. The molecule has 2 aromatic rings. The summed E-state index contributed by atoms with van der Waals surface area (Å²) < 4.78 is 42.3. The Balaban J connectivity index is 1.47. The Morgan fingerprint density at radius 1 is 1.27 bits per heavy atom. The lowest BCUT2D eigenvalue weighted by Crippen LogP contribution is -2.35. The fraction of sp³-hybridized carbons (Fsp3) is 0.333. The van der Waals surface area contributed by atoms with Gasteiger partial charge in [0, 0.05) is 17.5 Å². The summed E-state index contributed by atoms with van der Waals surface area (Å²) in [6.45, 7) is 3.43. The van der Waals surface area contributed by atoms with Gasteiger partial charge in [-0.25, -0.2) is 12.7 Å². The van der Waals surface area contributed by atoms with Crippen molar-refractivity contribution >= 4 is 21.9 Å². The molecule has 0 fully saturated rings. The first-order valence-corrected chi connectivity index (χ1v) is 11.0. The maximum atomic E-state index is 12.6. The molecule has 0 spiro atoms. The van der Waals surface area contributed by atoms with E-state index in [0.717, 1.165) is 12.0 Å². The number of rotatable bonds is 6.